The lowest BCUT2D eigenvalue weighted by molar-refractivity contribution is -0.140. The maximum atomic E-state index is 12.0. The predicted molar refractivity (Wildman–Crippen MR) is 71.5 cm³/mol. The average molecular weight is 303 g/mol. The van der Waals surface area contributed by atoms with Crippen LogP contribution in [0, 0.1) is 5.92 Å². The predicted octanol–water partition coefficient (Wildman–Crippen LogP) is 0.703. The number of aliphatic carboxylic acids is 1. The van der Waals surface area contributed by atoms with E-state index in [0.717, 1.165) is 0 Å². The van der Waals surface area contributed by atoms with Gasteiger partial charge in [0.1, 0.15) is 0 Å². The third kappa shape index (κ3) is 3.84. The van der Waals surface area contributed by atoms with Crippen LogP contribution >= 0.6 is 0 Å². The van der Waals surface area contributed by atoms with Gasteiger partial charge in [0.25, 0.3) is 0 Å². The summed E-state index contributed by atoms with van der Waals surface area (Å²) in [5.41, 5.74) is 0. The number of benzene rings is 1. The standard InChI is InChI=1S/C12H17NO6S/c1-8(12(14)15)7-13-20(16,17)9-4-5-10(18-2)11(6-9)19-3/h4-6,8,13H,7H2,1-3H3,(H,14,15). The largest absolute Gasteiger partial charge is 0.493 e. The monoisotopic (exact) mass is 303 g/mol. The van der Waals surface area contributed by atoms with E-state index >= 15 is 0 Å². The van der Waals surface area contributed by atoms with Gasteiger partial charge >= 0.3 is 5.97 Å². The number of carboxylic acids is 1. The van der Waals surface area contributed by atoms with E-state index in [2.05, 4.69) is 4.72 Å². The highest BCUT2D eigenvalue weighted by atomic mass is 32.2. The van der Waals surface area contributed by atoms with Crippen molar-refractivity contribution in [2.75, 3.05) is 20.8 Å². The van der Waals surface area contributed by atoms with Crippen LogP contribution in [0.4, 0.5) is 0 Å². The van der Waals surface area contributed by atoms with E-state index in [-0.39, 0.29) is 17.2 Å². The van der Waals surface area contributed by atoms with Gasteiger partial charge in [-0.1, -0.05) is 6.92 Å². The smallest absolute Gasteiger partial charge is 0.307 e. The number of nitrogens with one attached hydrogen (secondary N) is 1. The Labute approximate surface area is 117 Å². The highest BCUT2D eigenvalue weighted by Gasteiger charge is 2.19. The molecule has 7 nitrogen and oxygen atoms in total. The summed E-state index contributed by atoms with van der Waals surface area (Å²) in [5, 5.41) is 8.73. The lowest BCUT2D eigenvalue weighted by Crippen LogP contribution is -2.31. The molecular weight excluding hydrogens is 286 g/mol. The Bertz CT molecular complexity index is 584. The van der Waals surface area contributed by atoms with Gasteiger partial charge in [0.15, 0.2) is 11.5 Å². The summed E-state index contributed by atoms with van der Waals surface area (Å²) < 4.78 is 36.3. The quantitative estimate of drug-likeness (QED) is 0.769. The first-order chi connectivity index (χ1) is 9.31. The number of hydrogen-bond donors (Lipinski definition) is 2. The first-order valence-electron chi connectivity index (χ1n) is 5.76. The third-order valence-electron chi connectivity index (χ3n) is 2.67. The summed E-state index contributed by atoms with van der Waals surface area (Å²) in [4.78, 5) is 10.6. The maximum Gasteiger partial charge on any atom is 0.307 e. The Morgan fingerprint density at radius 2 is 1.90 bits per heavy atom. The number of rotatable bonds is 7. The number of methoxy groups -OCH3 is 2. The molecule has 0 fully saturated rings. The van der Waals surface area contributed by atoms with Crippen LogP contribution in [0.15, 0.2) is 23.1 Å². The van der Waals surface area contributed by atoms with Crippen LogP contribution in [0.1, 0.15) is 6.92 Å². The first-order valence-corrected chi connectivity index (χ1v) is 7.24. The molecule has 1 atom stereocenters. The fourth-order valence-corrected chi connectivity index (χ4v) is 2.53. The minimum atomic E-state index is -3.80. The summed E-state index contributed by atoms with van der Waals surface area (Å²) in [6.07, 6.45) is 0. The molecule has 112 valence electrons. The second-order valence-electron chi connectivity index (χ2n) is 4.11. The number of sulfonamides is 1. The van der Waals surface area contributed by atoms with Crippen molar-refractivity contribution in [1.82, 2.24) is 4.72 Å². The molecule has 0 aliphatic rings. The molecular formula is C12H17NO6S. The Hall–Kier alpha value is -1.80. The molecule has 20 heavy (non-hydrogen) atoms. The molecule has 0 aromatic heterocycles. The molecule has 1 rings (SSSR count). The molecule has 0 amide bonds. The minimum absolute atomic E-state index is 0.0206. The van der Waals surface area contributed by atoms with Crippen LogP contribution in [0.2, 0.25) is 0 Å². The SMILES string of the molecule is COc1ccc(S(=O)(=O)NCC(C)C(=O)O)cc1OC. The van der Waals surface area contributed by atoms with Gasteiger partial charge in [-0.05, 0) is 12.1 Å². The lowest BCUT2D eigenvalue weighted by atomic mass is 10.2. The summed E-state index contributed by atoms with van der Waals surface area (Å²) in [7, 11) is -0.955. The molecule has 2 N–H and O–H groups in total. The highest BCUT2D eigenvalue weighted by Crippen LogP contribution is 2.29. The van der Waals surface area contributed by atoms with Crippen molar-refractivity contribution in [3.8, 4) is 11.5 Å². The fraction of sp³-hybridized carbons (Fsp3) is 0.417. The molecule has 8 heteroatoms. The Kier molecular flexibility index (Phi) is 5.34. The van der Waals surface area contributed by atoms with Gasteiger partial charge in [-0.15, -0.1) is 0 Å². The first kappa shape index (κ1) is 16.3. The molecule has 0 aliphatic heterocycles. The second kappa shape index (κ2) is 6.58. The summed E-state index contributed by atoms with van der Waals surface area (Å²) in [5.74, 6) is -1.20. The van der Waals surface area contributed by atoms with Crippen molar-refractivity contribution < 1.29 is 27.8 Å². The third-order valence-corrected chi connectivity index (χ3v) is 4.09. The van der Waals surface area contributed by atoms with E-state index in [0.29, 0.717) is 5.75 Å². The van der Waals surface area contributed by atoms with E-state index in [4.69, 9.17) is 14.6 Å². The summed E-state index contributed by atoms with van der Waals surface area (Å²) in [6.45, 7) is 1.23. The average Bonchev–Trinajstić information content (AvgIpc) is 2.43. The molecule has 0 spiro atoms. The van der Waals surface area contributed by atoms with Crippen molar-refractivity contribution in [2.45, 2.75) is 11.8 Å². The van der Waals surface area contributed by atoms with Gasteiger partial charge < -0.3 is 14.6 Å². The number of ether oxygens (including phenoxy) is 2. The number of hydrogen-bond acceptors (Lipinski definition) is 5. The van der Waals surface area contributed by atoms with E-state index in [9.17, 15) is 13.2 Å². The van der Waals surface area contributed by atoms with Gasteiger partial charge in [-0.25, -0.2) is 13.1 Å². The van der Waals surface area contributed by atoms with E-state index in [1.807, 2.05) is 0 Å². The highest BCUT2D eigenvalue weighted by molar-refractivity contribution is 7.89. The van der Waals surface area contributed by atoms with Crippen LogP contribution in [-0.4, -0.2) is 40.3 Å². The van der Waals surface area contributed by atoms with Gasteiger partial charge in [-0.3, -0.25) is 4.79 Å². The van der Waals surface area contributed by atoms with Crippen molar-refractivity contribution in [2.24, 2.45) is 5.92 Å². The van der Waals surface area contributed by atoms with Crippen molar-refractivity contribution in [1.29, 1.82) is 0 Å². The molecule has 0 saturated carbocycles. The van der Waals surface area contributed by atoms with Crippen LogP contribution in [0.5, 0.6) is 11.5 Å². The molecule has 0 saturated heterocycles. The molecule has 0 radical (unpaired) electrons. The Morgan fingerprint density at radius 3 is 2.40 bits per heavy atom. The van der Waals surface area contributed by atoms with Gasteiger partial charge in [0, 0.05) is 12.6 Å². The van der Waals surface area contributed by atoms with Gasteiger partial charge in [0.05, 0.1) is 25.0 Å². The van der Waals surface area contributed by atoms with Crippen LogP contribution in [0.25, 0.3) is 0 Å². The molecule has 1 aromatic rings. The molecule has 1 aromatic carbocycles. The molecule has 0 aliphatic carbocycles. The number of carbonyl (C=O) groups is 1. The Morgan fingerprint density at radius 1 is 1.30 bits per heavy atom. The maximum absolute atomic E-state index is 12.0. The molecule has 1 unspecified atom stereocenters. The topological polar surface area (TPSA) is 102 Å². The number of carboxylic acid groups (broad SMARTS) is 1. The second-order valence-corrected chi connectivity index (χ2v) is 5.87. The summed E-state index contributed by atoms with van der Waals surface area (Å²) >= 11 is 0. The Balaban J connectivity index is 2.95. The van der Waals surface area contributed by atoms with Crippen molar-refractivity contribution in [3.63, 3.8) is 0 Å². The van der Waals surface area contributed by atoms with Crippen molar-refractivity contribution in [3.05, 3.63) is 18.2 Å². The zero-order valence-corrected chi connectivity index (χ0v) is 12.2. The van der Waals surface area contributed by atoms with Crippen LogP contribution in [-0.2, 0) is 14.8 Å². The minimum Gasteiger partial charge on any atom is -0.493 e. The van der Waals surface area contributed by atoms with E-state index < -0.39 is 21.9 Å². The zero-order chi connectivity index (χ0) is 15.3. The van der Waals surface area contributed by atoms with Crippen LogP contribution < -0.4 is 14.2 Å². The van der Waals surface area contributed by atoms with E-state index in [1.54, 1.807) is 0 Å². The lowest BCUT2D eigenvalue weighted by Gasteiger charge is -2.12. The van der Waals surface area contributed by atoms with Crippen molar-refractivity contribution >= 4 is 16.0 Å². The van der Waals surface area contributed by atoms with Gasteiger partial charge in [-0.2, -0.15) is 0 Å². The zero-order valence-electron chi connectivity index (χ0n) is 11.4. The normalized spacial score (nSPS) is 12.8. The molecule has 0 heterocycles. The van der Waals surface area contributed by atoms with Crippen LogP contribution in [0.3, 0.4) is 0 Å². The van der Waals surface area contributed by atoms with Gasteiger partial charge in [0.2, 0.25) is 10.0 Å². The summed E-state index contributed by atoms with van der Waals surface area (Å²) in [6, 6.07) is 4.13. The van der Waals surface area contributed by atoms with E-state index in [1.165, 1.54) is 39.3 Å². The fourth-order valence-electron chi connectivity index (χ4n) is 1.39. The molecule has 0 bridgehead atoms.